The summed E-state index contributed by atoms with van der Waals surface area (Å²) in [6.45, 7) is 5.74. The molecule has 0 radical (unpaired) electrons. The first-order valence-corrected chi connectivity index (χ1v) is 5.14. The highest BCUT2D eigenvalue weighted by molar-refractivity contribution is 5.62. The van der Waals surface area contributed by atoms with Crippen LogP contribution in [-0.4, -0.2) is 5.60 Å². The molecule has 0 unspecified atom stereocenters. The second-order valence-corrected chi connectivity index (χ2v) is 4.77. The molecule has 0 amide bonds. The minimum Gasteiger partial charge on any atom is -0.485 e. The van der Waals surface area contributed by atoms with Gasteiger partial charge in [-0.2, -0.15) is 0 Å². The van der Waals surface area contributed by atoms with E-state index in [1.54, 1.807) is 6.07 Å². The van der Waals surface area contributed by atoms with Gasteiger partial charge in [0.1, 0.15) is 5.60 Å². The predicted octanol–water partition coefficient (Wildman–Crippen LogP) is 3.57. The predicted molar refractivity (Wildman–Crippen MR) is 59.5 cm³/mol. The molecule has 1 aromatic rings. The summed E-state index contributed by atoms with van der Waals surface area (Å²) < 4.78 is 19.5. The summed E-state index contributed by atoms with van der Waals surface area (Å²) in [7, 11) is 0. The highest BCUT2D eigenvalue weighted by Crippen LogP contribution is 2.30. The van der Waals surface area contributed by atoms with Crippen LogP contribution in [-0.2, 0) is 6.42 Å². The maximum Gasteiger partial charge on any atom is 0.172 e. The van der Waals surface area contributed by atoms with Crippen LogP contribution in [0.1, 0.15) is 31.9 Å². The maximum absolute atomic E-state index is 13.9. The summed E-state index contributed by atoms with van der Waals surface area (Å²) in [5, 5.41) is 0. The van der Waals surface area contributed by atoms with E-state index in [4.69, 9.17) is 4.74 Å². The zero-order valence-corrected chi connectivity index (χ0v) is 9.30. The van der Waals surface area contributed by atoms with Gasteiger partial charge in [0.2, 0.25) is 0 Å². The minimum absolute atomic E-state index is 0.240. The van der Waals surface area contributed by atoms with Crippen molar-refractivity contribution in [3.05, 3.63) is 35.2 Å². The van der Waals surface area contributed by atoms with Crippen molar-refractivity contribution in [2.45, 2.75) is 32.8 Å². The van der Waals surface area contributed by atoms with E-state index in [0.717, 1.165) is 12.0 Å². The maximum atomic E-state index is 13.9. The molecular formula is C13H15FO. The van der Waals surface area contributed by atoms with E-state index >= 15 is 0 Å². The molecule has 0 saturated carbocycles. The van der Waals surface area contributed by atoms with Crippen LogP contribution in [0.5, 0.6) is 5.75 Å². The Labute approximate surface area is 89.6 Å². The number of allylic oxidation sites excluding steroid dienone is 1. The van der Waals surface area contributed by atoms with Crippen molar-refractivity contribution in [2.24, 2.45) is 0 Å². The lowest BCUT2D eigenvalue weighted by molar-refractivity contribution is 0.124. The van der Waals surface area contributed by atoms with E-state index in [2.05, 4.69) is 0 Å². The molecule has 2 rings (SSSR count). The van der Waals surface area contributed by atoms with Crippen molar-refractivity contribution in [3.63, 3.8) is 0 Å². The molecule has 0 aromatic heterocycles. The normalized spacial score (nSPS) is 14.1. The molecule has 0 atom stereocenters. The lowest BCUT2D eigenvalue weighted by Gasteiger charge is -2.22. The summed E-state index contributed by atoms with van der Waals surface area (Å²) in [5.74, 6) is 0.101. The van der Waals surface area contributed by atoms with Crippen LogP contribution in [0, 0.1) is 5.82 Å². The average molecular weight is 206 g/mol. The molecule has 2 heteroatoms. The van der Waals surface area contributed by atoms with Crippen molar-refractivity contribution >= 4 is 6.08 Å². The average Bonchev–Trinajstić information content (AvgIpc) is 2.56. The molecule has 1 aromatic carbocycles. The fourth-order valence-corrected chi connectivity index (χ4v) is 1.68. The van der Waals surface area contributed by atoms with Crippen LogP contribution in [0.3, 0.4) is 0 Å². The molecule has 0 aliphatic heterocycles. The van der Waals surface area contributed by atoms with Crippen LogP contribution < -0.4 is 4.74 Å². The zero-order valence-electron chi connectivity index (χ0n) is 9.30. The van der Waals surface area contributed by atoms with Gasteiger partial charge in [-0.25, -0.2) is 4.39 Å². The molecular weight excluding hydrogens is 191 g/mol. The molecule has 15 heavy (non-hydrogen) atoms. The summed E-state index contributed by atoms with van der Waals surface area (Å²) >= 11 is 0. The highest BCUT2D eigenvalue weighted by Gasteiger charge is 2.19. The minimum atomic E-state index is -0.364. The Bertz CT molecular complexity index is 413. The molecule has 0 fully saturated rings. The van der Waals surface area contributed by atoms with Crippen molar-refractivity contribution in [1.29, 1.82) is 0 Å². The molecule has 80 valence electrons. The van der Waals surface area contributed by atoms with Crippen molar-refractivity contribution < 1.29 is 9.13 Å². The lowest BCUT2D eigenvalue weighted by atomic mass is 10.1. The number of rotatable bonds is 1. The summed E-state index contributed by atoms with van der Waals surface area (Å²) in [6.07, 6.45) is 4.61. The van der Waals surface area contributed by atoms with E-state index in [9.17, 15) is 4.39 Å². The van der Waals surface area contributed by atoms with Gasteiger partial charge >= 0.3 is 0 Å². The fourth-order valence-electron chi connectivity index (χ4n) is 1.68. The van der Waals surface area contributed by atoms with E-state index in [1.165, 1.54) is 0 Å². The molecule has 1 aliphatic rings. The van der Waals surface area contributed by atoms with Crippen LogP contribution >= 0.6 is 0 Å². The largest absolute Gasteiger partial charge is 0.485 e. The SMILES string of the molecule is CC(C)(C)Oc1ccc2c(c1F)C=CC2. The summed E-state index contributed by atoms with van der Waals surface area (Å²) in [6, 6.07) is 3.64. The Kier molecular flexibility index (Phi) is 2.29. The van der Waals surface area contributed by atoms with E-state index in [1.807, 2.05) is 39.0 Å². The Morgan fingerprint density at radius 2 is 2.00 bits per heavy atom. The third-order valence-corrected chi connectivity index (χ3v) is 2.27. The Morgan fingerprint density at radius 3 is 2.67 bits per heavy atom. The van der Waals surface area contributed by atoms with Gasteiger partial charge in [-0.15, -0.1) is 0 Å². The van der Waals surface area contributed by atoms with Gasteiger partial charge in [-0.05, 0) is 38.8 Å². The molecule has 1 nitrogen and oxygen atoms in total. The van der Waals surface area contributed by atoms with Gasteiger partial charge in [0.25, 0.3) is 0 Å². The smallest absolute Gasteiger partial charge is 0.172 e. The molecule has 0 saturated heterocycles. The fraction of sp³-hybridized carbons (Fsp3) is 0.385. The lowest BCUT2D eigenvalue weighted by Crippen LogP contribution is -2.23. The second kappa shape index (κ2) is 3.37. The number of hydrogen-bond acceptors (Lipinski definition) is 1. The first-order chi connectivity index (χ1) is 6.97. The third kappa shape index (κ3) is 2.04. The first kappa shape index (κ1) is 10.2. The van der Waals surface area contributed by atoms with Crippen LogP contribution in [0.15, 0.2) is 18.2 Å². The van der Waals surface area contributed by atoms with Crippen molar-refractivity contribution in [1.82, 2.24) is 0 Å². The number of ether oxygens (including phenoxy) is 1. The van der Waals surface area contributed by atoms with Gasteiger partial charge in [0, 0.05) is 5.56 Å². The van der Waals surface area contributed by atoms with Crippen LogP contribution in [0.4, 0.5) is 4.39 Å². The topological polar surface area (TPSA) is 9.23 Å². The standard InChI is InChI=1S/C13H15FO/c1-13(2,3)15-11-8-7-9-5-4-6-10(9)12(11)14/h4,6-8H,5H2,1-3H3. The number of halogens is 1. The van der Waals surface area contributed by atoms with Gasteiger partial charge in [0.15, 0.2) is 11.6 Å². The Hall–Kier alpha value is -1.31. The van der Waals surface area contributed by atoms with Crippen LogP contribution in [0.2, 0.25) is 0 Å². The molecule has 0 bridgehead atoms. The molecule has 1 aliphatic carbocycles. The Morgan fingerprint density at radius 1 is 1.27 bits per heavy atom. The van der Waals surface area contributed by atoms with Crippen LogP contribution in [0.25, 0.3) is 6.08 Å². The van der Waals surface area contributed by atoms with Crippen molar-refractivity contribution in [2.75, 3.05) is 0 Å². The van der Waals surface area contributed by atoms with Gasteiger partial charge in [-0.3, -0.25) is 0 Å². The van der Waals surface area contributed by atoms with Gasteiger partial charge < -0.3 is 4.74 Å². The summed E-state index contributed by atoms with van der Waals surface area (Å²) in [5.41, 5.74) is 1.35. The second-order valence-electron chi connectivity index (χ2n) is 4.77. The van der Waals surface area contributed by atoms with Crippen molar-refractivity contribution in [3.8, 4) is 5.75 Å². The monoisotopic (exact) mass is 206 g/mol. The molecule has 0 N–H and O–H groups in total. The number of fused-ring (bicyclic) bond motifs is 1. The highest BCUT2D eigenvalue weighted by atomic mass is 19.1. The van der Waals surface area contributed by atoms with Gasteiger partial charge in [0.05, 0.1) is 0 Å². The summed E-state index contributed by atoms with van der Waals surface area (Å²) in [4.78, 5) is 0. The number of benzene rings is 1. The van der Waals surface area contributed by atoms with E-state index in [-0.39, 0.29) is 11.4 Å². The zero-order chi connectivity index (χ0) is 11.1. The van der Waals surface area contributed by atoms with E-state index in [0.29, 0.717) is 11.3 Å². The third-order valence-electron chi connectivity index (χ3n) is 2.27. The van der Waals surface area contributed by atoms with Gasteiger partial charge in [-0.1, -0.05) is 18.2 Å². The molecule has 0 spiro atoms. The number of hydrogen-bond donors (Lipinski definition) is 0. The Balaban J connectivity index is 2.38. The van der Waals surface area contributed by atoms with E-state index < -0.39 is 0 Å². The first-order valence-electron chi connectivity index (χ1n) is 5.14. The quantitative estimate of drug-likeness (QED) is 0.682. The molecule has 0 heterocycles.